The molecule has 29 heavy (non-hydrogen) atoms. The molecule has 2 aromatic rings. The summed E-state index contributed by atoms with van der Waals surface area (Å²) in [4.78, 5) is 30.7. The maximum atomic E-state index is 13.0. The van der Waals surface area contributed by atoms with Crippen molar-refractivity contribution in [2.45, 2.75) is 52.5 Å². The fourth-order valence-corrected chi connectivity index (χ4v) is 3.29. The number of hydrogen-bond acceptors (Lipinski definition) is 5. The van der Waals surface area contributed by atoms with E-state index in [0.717, 1.165) is 12.8 Å². The van der Waals surface area contributed by atoms with Crippen LogP contribution in [0.25, 0.3) is 11.4 Å². The largest absolute Gasteiger partial charge is 0.353 e. The van der Waals surface area contributed by atoms with Crippen molar-refractivity contribution < 1.29 is 18.5 Å². The minimum atomic E-state index is -0.382. The summed E-state index contributed by atoms with van der Waals surface area (Å²) in [6.07, 6.45) is 2.08. The number of carbonyl (C=O) groups is 2. The van der Waals surface area contributed by atoms with Crippen LogP contribution in [-0.2, 0) is 16.0 Å². The van der Waals surface area contributed by atoms with Gasteiger partial charge in [-0.05, 0) is 37.1 Å². The molecule has 156 valence electrons. The van der Waals surface area contributed by atoms with Crippen LogP contribution in [0, 0.1) is 11.2 Å². The number of halogens is 1. The van der Waals surface area contributed by atoms with Crippen molar-refractivity contribution in [2.24, 2.45) is 5.41 Å². The number of hydrogen-bond donors (Lipinski definition) is 1. The normalized spacial score (nSPS) is 15.4. The number of nitrogens with one attached hydrogen (secondary N) is 1. The summed E-state index contributed by atoms with van der Waals surface area (Å²) < 4.78 is 18.2. The first-order valence-electron chi connectivity index (χ1n) is 9.89. The summed E-state index contributed by atoms with van der Waals surface area (Å²) in [6.45, 7) is 7.07. The number of likely N-dealkylation sites (tertiary alicyclic amines) is 1. The number of nitrogens with zero attached hydrogens (tertiary/aromatic N) is 3. The predicted octanol–water partition coefficient (Wildman–Crippen LogP) is 2.96. The summed E-state index contributed by atoms with van der Waals surface area (Å²) in [5.41, 5.74) is 0.273. The van der Waals surface area contributed by atoms with Gasteiger partial charge >= 0.3 is 0 Å². The number of piperidine rings is 1. The van der Waals surface area contributed by atoms with Gasteiger partial charge in [0, 0.05) is 43.0 Å². The fraction of sp³-hybridized carbons (Fsp3) is 0.524. The molecule has 1 fully saturated rings. The van der Waals surface area contributed by atoms with E-state index >= 15 is 0 Å². The molecule has 0 radical (unpaired) electrons. The third-order valence-electron chi connectivity index (χ3n) is 4.93. The smallest absolute Gasteiger partial charge is 0.227 e. The second-order valence-electron chi connectivity index (χ2n) is 8.40. The molecule has 1 aliphatic heterocycles. The van der Waals surface area contributed by atoms with E-state index in [2.05, 4.69) is 15.5 Å². The number of aryl methyl sites for hydroxylation is 1. The van der Waals surface area contributed by atoms with E-state index in [1.165, 1.54) is 12.1 Å². The number of carbonyl (C=O) groups excluding carboxylic acids is 2. The number of rotatable bonds is 5. The Balaban J connectivity index is 1.43. The Kier molecular flexibility index (Phi) is 6.30. The van der Waals surface area contributed by atoms with Gasteiger partial charge < -0.3 is 14.7 Å². The van der Waals surface area contributed by atoms with Gasteiger partial charge in [-0.3, -0.25) is 9.59 Å². The third-order valence-corrected chi connectivity index (χ3v) is 4.93. The first kappa shape index (κ1) is 21.0. The van der Waals surface area contributed by atoms with E-state index in [4.69, 9.17) is 4.52 Å². The molecule has 3 rings (SSSR count). The second kappa shape index (κ2) is 8.71. The first-order chi connectivity index (χ1) is 13.7. The lowest BCUT2D eigenvalue weighted by Crippen LogP contribution is -2.49. The van der Waals surface area contributed by atoms with Crippen LogP contribution in [0.1, 0.15) is 45.9 Å². The van der Waals surface area contributed by atoms with Crippen LogP contribution in [0.3, 0.4) is 0 Å². The van der Waals surface area contributed by atoms with Crippen molar-refractivity contribution in [3.8, 4) is 11.4 Å². The molecular weight excluding hydrogens is 375 g/mol. The number of aromatic nitrogens is 2. The molecule has 0 aliphatic carbocycles. The fourth-order valence-electron chi connectivity index (χ4n) is 3.29. The summed E-state index contributed by atoms with van der Waals surface area (Å²) in [5, 5.41) is 6.90. The molecule has 0 atom stereocenters. The van der Waals surface area contributed by atoms with Crippen LogP contribution in [0.5, 0.6) is 0 Å². The average molecular weight is 402 g/mol. The van der Waals surface area contributed by atoms with Crippen LogP contribution in [-0.4, -0.2) is 46.0 Å². The molecule has 0 bridgehead atoms. The maximum absolute atomic E-state index is 13.0. The van der Waals surface area contributed by atoms with Gasteiger partial charge in [0.25, 0.3) is 0 Å². The maximum Gasteiger partial charge on any atom is 0.227 e. The molecule has 2 amide bonds. The molecule has 2 heterocycles. The SMILES string of the molecule is CC(C)(C)C(=O)N1CCC(NC(=O)CCc2nc(-c3ccc(F)cc3)no2)CC1. The lowest BCUT2D eigenvalue weighted by molar-refractivity contribution is -0.140. The zero-order chi connectivity index (χ0) is 21.0. The van der Waals surface area contributed by atoms with Gasteiger partial charge in [-0.2, -0.15) is 4.98 Å². The highest BCUT2D eigenvalue weighted by molar-refractivity contribution is 5.81. The van der Waals surface area contributed by atoms with Gasteiger partial charge in [0.05, 0.1) is 0 Å². The van der Waals surface area contributed by atoms with Gasteiger partial charge in [-0.1, -0.05) is 25.9 Å². The van der Waals surface area contributed by atoms with Crippen LogP contribution in [0.4, 0.5) is 4.39 Å². The highest BCUT2D eigenvalue weighted by atomic mass is 19.1. The molecule has 0 unspecified atom stereocenters. The molecule has 1 aliphatic rings. The van der Waals surface area contributed by atoms with Gasteiger partial charge in [-0.25, -0.2) is 4.39 Å². The number of amides is 2. The lowest BCUT2D eigenvalue weighted by atomic mass is 9.93. The Bertz CT molecular complexity index is 850. The van der Waals surface area contributed by atoms with Crippen LogP contribution >= 0.6 is 0 Å². The molecule has 1 saturated heterocycles. The minimum absolute atomic E-state index is 0.0731. The molecule has 8 heteroatoms. The van der Waals surface area contributed by atoms with E-state index in [-0.39, 0.29) is 35.5 Å². The monoisotopic (exact) mass is 402 g/mol. The summed E-state index contributed by atoms with van der Waals surface area (Å²) in [7, 11) is 0. The van der Waals surface area contributed by atoms with E-state index in [0.29, 0.717) is 36.8 Å². The topological polar surface area (TPSA) is 88.3 Å². The van der Waals surface area contributed by atoms with Crippen molar-refractivity contribution in [1.29, 1.82) is 0 Å². The van der Waals surface area contributed by atoms with Crippen molar-refractivity contribution in [2.75, 3.05) is 13.1 Å². The Morgan fingerprint density at radius 2 is 1.86 bits per heavy atom. The lowest BCUT2D eigenvalue weighted by Gasteiger charge is -2.36. The van der Waals surface area contributed by atoms with Crippen LogP contribution < -0.4 is 5.32 Å². The highest BCUT2D eigenvalue weighted by Crippen LogP contribution is 2.21. The molecule has 0 saturated carbocycles. The van der Waals surface area contributed by atoms with Gasteiger partial charge in [0.2, 0.25) is 23.5 Å². The second-order valence-corrected chi connectivity index (χ2v) is 8.40. The Labute approximate surface area is 169 Å². The van der Waals surface area contributed by atoms with Gasteiger partial charge in [0.15, 0.2) is 0 Å². The summed E-state index contributed by atoms with van der Waals surface area (Å²) in [6, 6.07) is 5.89. The number of benzene rings is 1. The van der Waals surface area contributed by atoms with Gasteiger partial charge in [-0.15, -0.1) is 0 Å². The predicted molar refractivity (Wildman–Crippen MR) is 105 cm³/mol. The van der Waals surface area contributed by atoms with Gasteiger partial charge in [0.1, 0.15) is 5.82 Å². The molecular formula is C21H27FN4O3. The average Bonchev–Trinajstić information content (AvgIpc) is 3.15. The van der Waals surface area contributed by atoms with E-state index in [1.54, 1.807) is 12.1 Å². The van der Waals surface area contributed by atoms with E-state index in [1.807, 2.05) is 25.7 Å². The van der Waals surface area contributed by atoms with Crippen LogP contribution in [0.2, 0.25) is 0 Å². The van der Waals surface area contributed by atoms with Crippen molar-refractivity contribution in [1.82, 2.24) is 20.4 Å². The first-order valence-corrected chi connectivity index (χ1v) is 9.89. The van der Waals surface area contributed by atoms with Crippen LogP contribution in [0.15, 0.2) is 28.8 Å². The highest BCUT2D eigenvalue weighted by Gasteiger charge is 2.30. The standard InChI is InChI=1S/C21H27FN4O3/c1-21(2,3)20(28)26-12-10-16(11-13-26)23-17(27)8-9-18-24-19(25-29-18)14-4-6-15(22)7-5-14/h4-7,16H,8-13H2,1-3H3,(H,23,27). The van der Waals surface area contributed by atoms with Crippen molar-refractivity contribution in [3.05, 3.63) is 36.0 Å². The summed E-state index contributed by atoms with van der Waals surface area (Å²) in [5.74, 6) is 0.479. The third kappa shape index (κ3) is 5.62. The Morgan fingerprint density at radius 1 is 1.21 bits per heavy atom. The van der Waals surface area contributed by atoms with E-state index < -0.39 is 0 Å². The molecule has 1 N–H and O–H groups in total. The molecule has 1 aromatic carbocycles. The Hall–Kier alpha value is -2.77. The summed E-state index contributed by atoms with van der Waals surface area (Å²) >= 11 is 0. The minimum Gasteiger partial charge on any atom is -0.353 e. The molecule has 0 spiro atoms. The zero-order valence-electron chi connectivity index (χ0n) is 17.1. The molecule has 1 aromatic heterocycles. The zero-order valence-corrected chi connectivity index (χ0v) is 17.1. The van der Waals surface area contributed by atoms with Crippen molar-refractivity contribution >= 4 is 11.8 Å². The van der Waals surface area contributed by atoms with E-state index in [9.17, 15) is 14.0 Å². The molecule has 7 nitrogen and oxygen atoms in total. The quantitative estimate of drug-likeness (QED) is 0.831. The Morgan fingerprint density at radius 3 is 2.48 bits per heavy atom. The van der Waals surface area contributed by atoms with Crippen molar-refractivity contribution in [3.63, 3.8) is 0 Å².